The highest BCUT2D eigenvalue weighted by molar-refractivity contribution is 7.89. The molecule has 1 atom stereocenters. The maximum absolute atomic E-state index is 13.4. The third kappa shape index (κ3) is 4.89. The van der Waals surface area contributed by atoms with E-state index in [0.717, 1.165) is 28.8 Å². The average Bonchev–Trinajstić information content (AvgIpc) is 3.68. The number of carbonyl (C=O) groups excluding carboxylic acids is 1. The molecule has 6 rings (SSSR count). The summed E-state index contributed by atoms with van der Waals surface area (Å²) in [6.45, 7) is 0. The van der Waals surface area contributed by atoms with Gasteiger partial charge in [0.2, 0.25) is 10.0 Å². The highest BCUT2D eigenvalue weighted by Gasteiger charge is 2.28. The monoisotopic (exact) mass is 582 g/mol. The highest BCUT2D eigenvalue weighted by Crippen LogP contribution is 2.34. The number of sulfonamides is 1. The number of halogens is 1. The molecule has 0 saturated carbocycles. The fraction of sp³-hybridized carbons (Fsp3) is 0.167. The Labute approximate surface area is 230 Å². The van der Waals surface area contributed by atoms with Crippen molar-refractivity contribution < 1.29 is 13.2 Å². The fourth-order valence-corrected chi connectivity index (χ4v) is 6.17. The Balaban J connectivity index is 1.31. The molecule has 0 unspecified atom stereocenters. The topological polar surface area (TPSA) is 158 Å². The van der Waals surface area contributed by atoms with Gasteiger partial charge in [0, 0.05) is 33.3 Å². The lowest BCUT2D eigenvalue weighted by Gasteiger charge is -2.15. The Morgan fingerprint density at radius 3 is 2.82 bits per heavy atom. The Morgan fingerprint density at radius 1 is 1.21 bits per heavy atom. The molecular formula is C24H19ClN8O4S2. The Bertz CT molecular complexity index is 1890. The van der Waals surface area contributed by atoms with E-state index in [4.69, 9.17) is 11.6 Å². The summed E-state index contributed by atoms with van der Waals surface area (Å²) in [5.41, 5.74) is 4.15. The van der Waals surface area contributed by atoms with Gasteiger partial charge in [0.15, 0.2) is 0 Å². The maximum Gasteiger partial charge on any atom is 0.274 e. The van der Waals surface area contributed by atoms with Crippen molar-refractivity contribution in [2.75, 3.05) is 6.26 Å². The van der Waals surface area contributed by atoms with Crippen LogP contribution < -0.4 is 10.3 Å². The van der Waals surface area contributed by atoms with Crippen LogP contribution in [-0.2, 0) is 16.4 Å². The second-order valence-electron chi connectivity index (χ2n) is 9.00. The van der Waals surface area contributed by atoms with E-state index in [1.165, 1.54) is 11.0 Å². The van der Waals surface area contributed by atoms with Crippen LogP contribution in [0.25, 0.3) is 28.1 Å². The number of amides is 1. The van der Waals surface area contributed by atoms with Crippen molar-refractivity contribution in [2.24, 2.45) is 0 Å². The number of aromatic amines is 1. The number of carbonyl (C=O) groups is 1. The van der Waals surface area contributed by atoms with Crippen LogP contribution in [0.1, 0.15) is 33.7 Å². The first-order chi connectivity index (χ1) is 18.7. The van der Waals surface area contributed by atoms with Crippen molar-refractivity contribution in [2.45, 2.75) is 18.9 Å². The maximum atomic E-state index is 13.4. The molecular weight excluding hydrogens is 564 g/mol. The predicted molar refractivity (Wildman–Crippen MR) is 145 cm³/mol. The Morgan fingerprint density at radius 2 is 2.05 bits per heavy atom. The zero-order valence-corrected chi connectivity index (χ0v) is 22.6. The van der Waals surface area contributed by atoms with Crippen LogP contribution in [0.5, 0.6) is 0 Å². The number of nitrogens with zero attached hydrogens (tertiary/aromatic N) is 6. The molecule has 0 spiro atoms. The van der Waals surface area contributed by atoms with E-state index in [1.807, 2.05) is 10.8 Å². The SMILES string of the molecule is CS(=O)(=O)NC(=O)c1cc(-c2cnc([C@@H]3CCc4cc(-c5cc(Cl)ccc5-n5cnnn5)cc(=O)n43)[nH]2)cs1. The van der Waals surface area contributed by atoms with Crippen LogP contribution in [-0.4, -0.2) is 55.3 Å². The zero-order valence-electron chi connectivity index (χ0n) is 20.2. The van der Waals surface area contributed by atoms with Gasteiger partial charge in [-0.2, -0.15) is 4.68 Å². The summed E-state index contributed by atoms with van der Waals surface area (Å²) < 4.78 is 27.9. The number of hydrogen-bond acceptors (Lipinski definition) is 9. The molecule has 5 aromatic rings. The minimum absolute atomic E-state index is 0.180. The van der Waals surface area contributed by atoms with Gasteiger partial charge in [-0.3, -0.25) is 9.59 Å². The molecule has 1 aliphatic rings. The standard InChI is InChI=1S/C24H19ClN8O4S2/c1-39(36,37)29-24(35)21-7-14(11-38-21)18-10-26-23(28-18)20-5-3-16-6-13(8-22(34)33(16)20)17-9-15(25)2-4-19(17)32-12-27-30-31-32/h2,4,6-12,20H,3,5H2,1H3,(H,26,28)(H,29,35)/t20-/m0/s1. The molecule has 1 amide bonds. The van der Waals surface area contributed by atoms with Gasteiger partial charge < -0.3 is 9.55 Å². The van der Waals surface area contributed by atoms with Crippen LogP contribution in [0.15, 0.2) is 59.1 Å². The number of rotatable bonds is 6. The molecule has 1 aliphatic heterocycles. The van der Waals surface area contributed by atoms with Gasteiger partial charge in [-0.05, 0) is 59.2 Å². The lowest BCUT2D eigenvalue weighted by molar-refractivity contribution is 0.0985. The lowest BCUT2D eigenvalue weighted by atomic mass is 10.0. The molecule has 0 aliphatic carbocycles. The number of fused-ring (bicyclic) bond motifs is 1. The quantitative estimate of drug-likeness (QED) is 0.309. The lowest BCUT2D eigenvalue weighted by Crippen LogP contribution is -2.28. The Kier molecular flexibility index (Phi) is 6.16. The van der Waals surface area contributed by atoms with Gasteiger partial charge in [-0.15, -0.1) is 16.4 Å². The summed E-state index contributed by atoms with van der Waals surface area (Å²) in [6, 6.07) is 10.2. The Hall–Kier alpha value is -4.14. The van der Waals surface area contributed by atoms with Crippen molar-refractivity contribution in [3.05, 3.63) is 86.1 Å². The molecule has 4 aromatic heterocycles. The van der Waals surface area contributed by atoms with Crippen LogP contribution in [0.3, 0.4) is 0 Å². The first-order valence-corrected chi connectivity index (χ1v) is 14.8. The number of aryl methyl sites for hydroxylation is 1. The number of H-pyrrole nitrogens is 1. The summed E-state index contributed by atoms with van der Waals surface area (Å²) in [5.74, 6) is -0.0763. The summed E-state index contributed by atoms with van der Waals surface area (Å²) in [7, 11) is -3.67. The highest BCUT2D eigenvalue weighted by atomic mass is 35.5. The second-order valence-corrected chi connectivity index (χ2v) is 12.1. The molecule has 0 fully saturated rings. The minimum atomic E-state index is -3.67. The van der Waals surface area contributed by atoms with Gasteiger partial charge in [-0.25, -0.2) is 18.1 Å². The van der Waals surface area contributed by atoms with Gasteiger partial charge in [-0.1, -0.05) is 11.6 Å². The number of nitrogens with one attached hydrogen (secondary N) is 2. The van der Waals surface area contributed by atoms with Crippen molar-refractivity contribution in [3.8, 4) is 28.1 Å². The molecule has 12 nitrogen and oxygen atoms in total. The number of benzene rings is 1. The van der Waals surface area contributed by atoms with E-state index in [2.05, 4.69) is 25.5 Å². The average molecular weight is 583 g/mol. The summed E-state index contributed by atoms with van der Waals surface area (Å²) in [4.78, 5) is 33.6. The zero-order chi connectivity index (χ0) is 27.3. The molecule has 0 radical (unpaired) electrons. The van der Waals surface area contributed by atoms with E-state index in [9.17, 15) is 18.0 Å². The molecule has 0 saturated heterocycles. The molecule has 2 N–H and O–H groups in total. The number of pyridine rings is 1. The van der Waals surface area contributed by atoms with Gasteiger partial charge >= 0.3 is 0 Å². The van der Waals surface area contributed by atoms with E-state index in [-0.39, 0.29) is 16.5 Å². The largest absolute Gasteiger partial charge is 0.340 e. The smallest absolute Gasteiger partial charge is 0.274 e. The number of hydrogen-bond donors (Lipinski definition) is 2. The van der Waals surface area contributed by atoms with Crippen LogP contribution in [0.4, 0.5) is 0 Å². The van der Waals surface area contributed by atoms with E-state index in [0.29, 0.717) is 46.2 Å². The van der Waals surface area contributed by atoms with E-state index in [1.54, 1.807) is 46.5 Å². The second kappa shape index (κ2) is 9.55. The third-order valence-electron chi connectivity index (χ3n) is 6.32. The van der Waals surface area contributed by atoms with E-state index < -0.39 is 15.9 Å². The van der Waals surface area contributed by atoms with Crippen molar-refractivity contribution >= 4 is 38.9 Å². The van der Waals surface area contributed by atoms with Crippen molar-refractivity contribution in [1.29, 1.82) is 0 Å². The van der Waals surface area contributed by atoms with Crippen molar-refractivity contribution in [1.82, 2.24) is 39.5 Å². The summed E-state index contributed by atoms with van der Waals surface area (Å²) >= 11 is 7.41. The first-order valence-electron chi connectivity index (χ1n) is 11.6. The van der Waals surface area contributed by atoms with Gasteiger partial charge in [0.1, 0.15) is 12.2 Å². The number of aromatic nitrogens is 7. The molecule has 0 bridgehead atoms. The molecule has 198 valence electrons. The predicted octanol–water partition coefficient (Wildman–Crippen LogP) is 2.82. The summed E-state index contributed by atoms with van der Waals surface area (Å²) in [5, 5.41) is 13.6. The first kappa shape index (κ1) is 25.2. The number of imidazole rings is 1. The van der Waals surface area contributed by atoms with E-state index >= 15 is 0 Å². The fourth-order valence-electron chi connectivity index (χ4n) is 4.69. The molecule has 1 aromatic carbocycles. The van der Waals surface area contributed by atoms with Crippen LogP contribution in [0.2, 0.25) is 5.02 Å². The molecule has 15 heteroatoms. The minimum Gasteiger partial charge on any atom is -0.340 e. The summed E-state index contributed by atoms with van der Waals surface area (Å²) in [6.07, 6.45) is 5.38. The molecule has 39 heavy (non-hydrogen) atoms. The van der Waals surface area contributed by atoms with Gasteiger partial charge in [0.25, 0.3) is 11.5 Å². The number of thiophene rings is 1. The third-order valence-corrected chi connectivity index (χ3v) is 8.04. The normalized spacial score (nSPS) is 14.9. The molecule has 5 heterocycles. The van der Waals surface area contributed by atoms with Crippen LogP contribution in [0, 0.1) is 0 Å². The van der Waals surface area contributed by atoms with Crippen molar-refractivity contribution in [3.63, 3.8) is 0 Å². The van der Waals surface area contributed by atoms with Gasteiger partial charge in [0.05, 0.1) is 34.8 Å². The van der Waals surface area contributed by atoms with Crippen LogP contribution >= 0.6 is 22.9 Å². The number of tetrazole rings is 1.